The van der Waals surface area contributed by atoms with E-state index in [1.54, 1.807) is 0 Å². The number of hydrogen-bond donors (Lipinski definition) is 1. The highest BCUT2D eigenvalue weighted by molar-refractivity contribution is 5.14. The highest BCUT2D eigenvalue weighted by Crippen LogP contribution is 2.14. The Morgan fingerprint density at radius 3 is 1.39 bits per heavy atom. The minimum absolute atomic E-state index is 0.861. The summed E-state index contributed by atoms with van der Waals surface area (Å²) in [7, 11) is 0. The van der Waals surface area contributed by atoms with Gasteiger partial charge in [0.25, 0.3) is 0 Å². The van der Waals surface area contributed by atoms with E-state index in [-0.39, 0.29) is 0 Å². The van der Waals surface area contributed by atoms with E-state index >= 15 is 0 Å². The second kappa shape index (κ2) is 19.5. The molecule has 0 radical (unpaired) electrons. The monoisotopic (exact) mass is 388 g/mol. The Morgan fingerprint density at radius 2 is 0.964 bits per heavy atom. The Kier molecular flexibility index (Phi) is 17.5. The zero-order valence-electron chi connectivity index (χ0n) is 18.8. The van der Waals surface area contributed by atoms with Crippen LogP contribution in [0.25, 0.3) is 0 Å². The maximum absolute atomic E-state index is 6.11. The van der Waals surface area contributed by atoms with Crippen molar-refractivity contribution < 1.29 is 0 Å². The maximum Gasteiger partial charge on any atom is 0.0379 e. The summed E-state index contributed by atoms with van der Waals surface area (Å²) in [6.45, 7) is 4.16. The SMILES string of the molecule is CCCCCCCCCCCCCCCCCCCN(N)Cc1ccccc1. The molecule has 0 aliphatic carbocycles. The first kappa shape index (κ1) is 25.2. The second-order valence-corrected chi connectivity index (χ2v) is 8.61. The van der Waals surface area contributed by atoms with Crippen molar-refractivity contribution in [3.05, 3.63) is 35.9 Å². The number of hydrogen-bond acceptors (Lipinski definition) is 2. The molecule has 0 amide bonds. The van der Waals surface area contributed by atoms with E-state index in [0.29, 0.717) is 0 Å². The Labute approximate surface area is 176 Å². The molecule has 0 saturated carbocycles. The van der Waals surface area contributed by atoms with Gasteiger partial charge in [0.15, 0.2) is 0 Å². The van der Waals surface area contributed by atoms with Crippen molar-refractivity contribution in [2.45, 2.75) is 123 Å². The van der Waals surface area contributed by atoms with E-state index in [9.17, 15) is 0 Å². The number of hydrazine groups is 1. The number of nitrogens with two attached hydrogens (primary N) is 1. The number of nitrogens with zero attached hydrogens (tertiary/aromatic N) is 1. The van der Waals surface area contributed by atoms with E-state index < -0.39 is 0 Å². The molecule has 0 spiro atoms. The van der Waals surface area contributed by atoms with Crippen LogP contribution in [0.5, 0.6) is 0 Å². The molecule has 162 valence electrons. The normalized spacial score (nSPS) is 11.4. The van der Waals surface area contributed by atoms with E-state index in [1.807, 2.05) is 5.01 Å². The van der Waals surface area contributed by atoms with Gasteiger partial charge in [0.1, 0.15) is 0 Å². The van der Waals surface area contributed by atoms with Crippen LogP contribution in [0, 0.1) is 0 Å². The smallest absolute Gasteiger partial charge is 0.0379 e. The fraction of sp³-hybridized carbons (Fsp3) is 0.769. The van der Waals surface area contributed by atoms with Crippen LogP contribution in [-0.4, -0.2) is 11.6 Å². The van der Waals surface area contributed by atoms with Crippen LogP contribution in [-0.2, 0) is 6.54 Å². The Hall–Kier alpha value is -0.860. The summed E-state index contributed by atoms with van der Waals surface area (Å²) < 4.78 is 0. The maximum atomic E-state index is 6.11. The van der Waals surface area contributed by atoms with Crippen LogP contribution in [0.3, 0.4) is 0 Å². The third kappa shape index (κ3) is 16.1. The molecule has 28 heavy (non-hydrogen) atoms. The predicted molar refractivity (Wildman–Crippen MR) is 125 cm³/mol. The van der Waals surface area contributed by atoms with Crippen molar-refractivity contribution in [1.29, 1.82) is 0 Å². The summed E-state index contributed by atoms with van der Waals surface area (Å²) in [6, 6.07) is 10.5. The van der Waals surface area contributed by atoms with Crippen LogP contribution < -0.4 is 5.84 Å². The molecule has 0 unspecified atom stereocenters. The average Bonchev–Trinajstić information content (AvgIpc) is 2.71. The zero-order valence-corrected chi connectivity index (χ0v) is 18.8. The van der Waals surface area contributed by atoms with Gasteiger partial charge in [0.05, 0.1) is 0 Å². The van der Waals surface area contributed by atoms with Crippen molar-refractivity contribution >= 4 is 0 Å². The van der Waals surface area contributed by atoms with Crippen molar-refractivity contribution in [3.63, 3.8) is 0 Å². The van der Waals surface area contributed by atoms with E-state index in [0.717, 1.165) is 13.1 Å². The molecule has 0 fully saturated rings. The lowest BCUT2D eigenvalue weighted by Crippen LogP contribution is -2.31. The first-order valence-electron chi connectivity index (χ1n) is 12.4. The summed E-state index contributed by atoms with van der Waals surface area (Å²) >= 11 is 0. The van der Waals surface area contributed by atoms with Crippen LogP contribution in [0.4, 0.5) is 0 Å². The van der Waals surface area contributed by atoms with Gasteiger partial charge >= 0.3 is 0 Å². The number of rotatable bonds is 20. The molecule has 0 saturated heterocycles. The molecule has 0 heterocycles. The van der Waals surface area contributed by atoms with Crippen LogP contribution >= 0.6 is 0 Å². The quantitative estimate of drug-likeness (QED) is 0.139. The minimum atomic E-state index is 0.861. The molecule has 0 aliphatic heterocycles. The molecule has 2 N–H and O–H groups in total. The highest BCUT2D eigenvalue weighted by atomic mass is 15.4. The van der Waals surface area contributed by atoms with Gasteiger partial charge < -0.3 is 0 Å². The van der Waals surface area contributed by atoms with E-state index in [1.165, 1.54) is 115 Å². The largest absolute Gasteiger partial charge is 0.268 e. The third-order valence-corrected chi connectivity index (χ3v) is 5.78. The van der Waals surface area contributed by atoms with Crippen LogP contribution in [0.2, 0.25) is 0 Å². The summed E-state index contributed by atoms with van der Waals surface area (Å²) in [5.41, 5.74) is 1.30. The molecule has 0 aromatic heterocycles. The van der Waals surface area contributed by atoms with Crippen molar-refractivity contribution in [3.8, 4) is 0 Å². The molecular formula is C26H48N2. The molecule has 1 aromatic carbocycles. The van der Waals surface area contributed by atoms with Gasteiger partial charge in [-0.3, -0.25) is 5.84 Å². The summed E-state index contributed by atoms with van der Waals surface area (Å²) in [5.74, 6) is 6.11. The average molecular weight is 389 g/mol. The standard InChI is InChI=1S/C26H48N2/c1-2-3-4-5-6-7-8-9-10-11-12-13-14-15-16-17-21-24-28(27)25-26-22-19-18-20-23-26/h18-20,22-23H,2-17,21,24-25,27H2,1H3. The molecule has 1 aromatic rings. The van der Waals surface area contributed by atoms with Crippen LogP contribution in [0.1, 0.15) is 122 Å². The van der Waals surface area contributed by atoms with Gasteiger partial charge in [-0.1, -0.05) is 140 Å². The van der Waals surface area contributed by atoms with Crippen molar-refractivity contribution in [2.24, 2.45) is 5.84 Å². The van der Waals surface area contributed by atoms with Gasteiger partial charge in [-0.05, 0) is 12.0 Å². The second-order valence-electron chi connectivity index (χ2n) is 8.61. The van der Waals surface area contributed by atoms with Crippen molar-refractivity contribution in [2.75, 3.05) is 6.54 Å². The summed E-state index contributed by atoms with van der Waals surface area (Å²) in [6.07, 6.45) is 24.1. The number of benzene rings is 1. The molecule has 0 aliphatic rings. The predicted octanol–water partition coefficient (Wildman–Crippen LogP) is 8.01. The number of unbranched alkanes of at least 4 members (excludes halogenated alkanes) is 16. The lowest BCUT2D eigenvalue weighted by molar-refractivity contribution is 0.267. The highest BCUT2D eigenvalue weighted by Gasteiger charge is 2.00. The molecular weight excluding hydrogens is 340 g/mol. The molecule has 0 bridgehead atoms. The first-order valence-corrected chi connectivity index (χ1v) is 12.4. The zero-order chi connectivity index (χ0) is 20.1. The molecule has 2 nitrogen and oxygen atoms in total. The van der Waals surface area contributed by atoms with Gasteiger partial charge in [-0.25, -0.2) is 5.01 Å². The van der Waals surface area contributed by atoms with Gasteiger partial charge in [-0.2, -0.15) is 0 Å². The van der Waals surface area contributed by atoms with Crippen LogP contribution in [0.15, 0.2) is 30.3 Å². The fourth-order valence-electron chi connectivity index (χ4n) is 3.94. The summed E-state index contributed by atoms with van der Waals surface area (Å²) in [5, 5.41) is 1.96. The summed E-state index contributed by atoms with van der Waals surface area (Å²) in [4.78, 5) is 0. The third-order valence-electron chi connectivity index (χ3n) is 5.78. The van der Waals surface area contributed by atoms with E-state index in [4.69, 9.17) is 5.84 Å². The topological polar surface area (TPSA) is 29.3 Å². The van der Waals surface area contributed by atoms with Gasteiger partial charge in [0, 0.05) is 13.1 Å². The first-order chi connectivity index (χ1) is 13.8. The van der Waals surface area contributed by atoms with Gasteiger partial charge in [-0.15, -0.1) is 0 Å². The van der Waals surface area contributed by atoms with E-state index in [2.05, 4.69) is 37.3 Å². The lowest BCUT2D eigenvalue weighted by Gasteiger charge is -2.16. The molecule has 1 rings (SSSR count). The molecule has 2 heteroatoms. The lowest BCUT2D eigenvalue weighted by atomic mass is 10.0. The Balaban J connectivity index is 1.74. The Morgan fingerprint density at radius 1 is 0.571 bits per heavy atom. The Bertz CT molecular complexity index is 418. The van der Waals surface area contributed by atoms with Crippen molar-refractivity contribution in [1.82, 2.24) is 5.01 Å². The minimum Gasteiger partial charge on any atom is -0.268 e. The van der Waals surface area contributed by atoms with Gasteiger partial charge in [0.2, 0.25) is 0 Å². The molecule has 0 atom stereocenters. The fourth-order valence-corrected chi connectivity index (χ4v) is 3.94.